The van der Waals surface area contributed by atoms with Crippen molar-refractivity contribution in [3.8, 4) is 45.3 Å². The number of aromatic nitrogens is 4. The zero-order valence-corrected chi connectivity index (χ0v) is 47.4. The molecule has 3 heterocycles. The van der Waals surface area contributed by atoms with E-state index in [1.165, 1.54) is 77.7 Å². The Labute approximate surface area is 449 Å². The van der Waals surface area contributed by atoms with Gasteiger partial charge in [0.05, 0.1) is 0 Å². The van der Waals surface area contributed by atoms with Crippen molar-refractivity contribution in [2.75, 3.05) is 0 Å². The van der Waals surface area contributed by atoms with Gasteiger partial charge < -0.3 is 0 Å². The first-order valence-corrected chi connectivity index (χ1v) is 27.5. The molecule has 3 aromatic heterocycles. The Kier molecular flexibility index (Phi) is 12.3. The average Bonchev–Trinajstić information content (AvgIpc) is 3.85. The third-order valence-corrected chi connectivity index (χ3v) is 16.3. The summed E-state index contributed by atoms with van der Waals surface area (Å²) in [5.41, 5.74) is 18.0. The number of pyridine rings is 1. The molecule has 74 heavy (non-hydrogen) atoms. The maximum atomic E-state index is 6.91. The van der Waals surface area contributed by atoms with Crippen molar-refractivity contribution in [2.24, 2.45) is 0 Å². The van der Waals surface area contributed by atoms with Crippen molar-refractivity contribution < 1.29 is 24.1 Å². The van der Waals surface area contributed by atoms with Crippen molar-refractivity contribution in [1.29, 1.82) is 0 Å². The third kappa shape index (κ3) is 9.04. The van der Waals surface area contributed by atoms with Crippen LogP contribution in [-0.2, 0) is 47.4 Å². The molecule has 11 rings (SSSR count). The molecule has 0 saturated carbocycles. The number of aryl methyl sites for hydroxylation is 1. The Hall–Kier alpha value is -6.55. The number of para-hydroxylation sites is 3. The second kappa shape index (κ2) is 18.4. The number of ether oxygens (including phenoxy) is 1. The monoisotopic (exact) mass is 1150 g/mol. The van der Waals surface area contributed by atoms with Crippen molar-refractivity contribution >= 4 is 32.8 Å². The van der Waals surface area contributed by atoms with Gasteiger partial charge in [-0.25, -0.2) is 4.98 Å². The van der Waals surface area contributed by atoms with E-state index in [-0.39, 0.29) is 27.7 Å². The van der Waals surface area contributed by atoms with E-state index in [0.717, 1.165) is 45.3 Å². The number of hydrogen-bond acceptors (Lipinski definition) is 2. The number of benzene rings is 7. The van der Waals surface area contributed by atoms with Gasteiger partial charge in [0.25, 0.3) is 0 Å². The Morgan fingerprint density at radius 2 is 1.15 bits per heavy atom. The number of fused-ring (bicyclic) bond motifs is 5. The summed E-state index contributed by atoms with van der Waals surface area (Å²) in [6, 6.07) is 61.5. The standard InChI is InChI=1S/C68H68N4O.Pt/c1-65(2,3)47-29-33-59-57(39-47)55-32-31-52(42-62(55)72(59)63-40-48(34-35-69-63)66(4,5)6)73-51-30-28-45-22-18-27-58(56(45)41-51)70-43-71(61-26-17-16-25-60(61)70)64-53(44-20-14-13-15-21-44)23-19-24-54(64)46-36-49(67(7,8)9)38-50(37-46)68(10,11)12;/h13-17,19-21,23-26,28-40,58H,18,22,27H2,1-12H3;/q-2;. The van der Waals surface area contributed by atoms with Gasteiger partial charge in [-0.3, -0.25) is 0 Å². The number of rotatable bonds is 7. The minimum atomic E-state index is -0.0377. The van der Waals surface area contributed by atoms with Crippen LogP contribution in [0.1, 0.15) is 135 Å². The first-order valence-electron chi connectivity index (χ1n) is 26.4. The molecule has 0 fully saturated rings. The van der Waals surface area contributed by atoms with Crippen LogP contribution in [0.3, 0.4) is 0 Å². The molecule has 1 unspecified atom stereocenters. The fraction of sp³-hybridized carbons (Fsp3) is 0.294. The fourth-order valence-electron chi connectivity index (χ4n) is 11.0. The van der Waals surface area contributed by atoms with Crippen LogP contribution in [0.5, 0.6) is 11.5 Å². The van der Waals surface area contributed by atoms with Crippen LogP contribution in [0.15, 0.2) is 152 Å². The second-order valence-electron chi connectivity index (χ2n) is 24.6. The minimum absolute atomic E-state index is 0.00405. The summed E-state index contributed by atoms with van der Waals surface area (Å²) < 4.78 is 15.4. The van der Waals surface area contributed by atoms with E-state index in [1.807, 2.05) is 6.20 Å². The van der Waals surface area contributed by atoms with Gasteiger partial charge in [0, 0.05) is 6.20 Å². The topological polar surface area (TPSA) is 36.9 Å². The molecule has 1 atom stereocenters. The van der Waals surface area contributed by atoms with E-state index in [2.05, 4.69) is 274 Å². The summed E-state index contributed by atoms with van der Waals surface area (Å²) >= 11 is 2.61. The molecule has 0 aliphatic heterocycles. The van der Waals surface area contributed by atoms with Gasteiger partial charge in [-0.15, -0.1) is 0 Å². The van der Waals surface area contributed by atoms with Crippen LogP contribution < -0.4 is 4.74 Å². The predicted molar refractivity (Wildman–Crippen MR) is 304 cm³/mol. The number of imidazole rings is 1. The second-order valence-corrected chi connectivity index (χ2v) is 25.6. The molecule has 0 amide bonds. The normalized spacial score (nSPS) is 14.5. The molecule has 6 heteroatoms. The number of nitrogens with zero attached hydrogens (tertiary/aromatic N) is 4. The van der Waals surface area contributed by atoms with Gasteiger partial charge >= 0.3 is 347 Å². The molecule has 7 aromatic carbocycles. The molecular formula is C68H68N4OPt-2. The predicted octanol–water partition coefficient (Wildman–Crippen LogP) is 17.8. The fourth-order valence-corrected chi connectivity index (χ4v) is 12.1. The molecule has 378 valence electrons. The average molecular weight is 1150 g/mol. The molecule has 5 nitrogen and oxygen atoms in total. The van der Waals surface area contributed by atoms with Crippen LogP contribution >= 0.6 is 0 Å². The summed E-state index contributed by atoms with van der Waals surface area (Å²) in [6.07, 6.45) is 4.98. The zero-order chi connectivity index (χ0) is 52.1. The summed E-state index contributed by atoms with van der Waals surface area (Å²) in [6.45, 7) is 27.5. The van der Waals surface area contributed by atoms with E-state index in [4.69, 9.17) is 9.72 Å². The molecule has 0 bridgehead atoms. The quantitative estimate of drug-likeness (QED) is 0.149. The van der Waals surface area contributed by atoms with E-state index < -0.39 is 0 Å². The van der Waals surface area contributed by atoms with Crippen LogP contribution in [-0.4, -0.2) is 18.7 Å². The van der Waals surface area contributed by atoms with E-state index in [0.29, 0.717) is 11.5 Å². The van der Waals surface area contributed by atoms with E-state index >= 15 is 0 Å². The van der Waals surface area contributed by atoms with Gasteiger partial charge in [-0.05, 0) is 40.2 Å². The molecule has 0 spiro atoms. The maximum absolute atomic E-state index is 6.91. The Morgan fingerprint density at radius 1 is 0.527 bits per heavy atom. The van der Waals surface area contributed by atoms with E-state index in [9.17, 15) is 0 Å². The molecule has 0 saturated heterocycles. The first-order chi connectivity index (χ1) is 35.1. The van der Waals surface area contributed by atoms with Crippen molar-refractivity contribution in [3.63, 3.8) is 0 Å². The summed E-state index contributed by atoms with van der Waals surface area (Å²) in [5.74, 6) is 2.19. The molecule has 0 N–H and O–H groups in total. The van der Waals surface area contributed by atoms with Crippen LogP contribution in [0.4, 0.5) is 0 Å². The van der Waals surface area contributed by atoms with E-state index in [1.54, 1.807) is 0 Å². The van der Waals surface area contributed by atoms with Crippen LogP contribution in [0, 0.1) is 15.9 Å². The van der Waals surface area contributed by atoms with Gasteiger partial charge in [0.15, 0.2) is 0 Å². The van der Waals surface area contributed by atoms with Gasteiger partial charge in [-0.1, -0.05) is 53.7 Å². The van der Waals surface area contributed by atoms with Gasteiger partial charge in [0.1, 0.15) is 0 Å². The van der Waals surface area contributed by atoms with Crippen LogP contribution in [0.25, 0.3) is 66.6 Å². The molecule has 0 radical (unpaired) electrons. The van der Waals surface area contributed by atoms with Gasteiger partial charge in [0.2, 0.25) is 0 Å². The van der Waals surface area contributed by atoms with Gasteiger partial charge in [-0.2, -0.15) is 0 Å². The zero-order valence-electron chi connectivity index (χ0n) is 45.1. The molecule has 10 aromatic rings. The number of hydrogen-bond donors (Lipinski definition) is 0. The summed E-state index contributed by atoms with van der Waals surface area (Å²) in [7, 11) is 0. The summed E-state index contributed by atoms with van der Waals surface area (Å²) in [4.78, 5) is 4.97. The third-order valence-electron chi connectivity index (χ3n) is 15.2. The SMILES string of the molecule is CC(C)(C)c1cc(-c2cccc(-c3ccccc3)c2-n2[c](=[Pt])n(C3CCCc4ccc(Oc5[c-]c6c(cc5)c5cc(C(C)(C)C)ccc5n6-c5cc(C(C)(C)C)ccn5)[c-]c43)c3ccccc32)cc(C(C)(C)C)c1. The molecule has 1 aliphatic rings. The first kappa shape index (κ1) is 49.6. The van der Waals surface area contributed by atoms with Crippen molar-refractivity contribution in [2.45, 2.75) is 130 Å². The Morgan fingerprint density at radius 3 is 1.84 bits per heavy atom. The molecular weight excluding hydrogens is 1080 g/mol. The van der Waals surface area contributed by atoms with Crippen molar-refractivity contribution in [3.05, 3.63) is 201 Å². The Balaban J connectivity index is 1.06. The summed E-state index contributed by atoms with van der Waals surface area (Å²) in [5, 5.41) is 2.30. The van der Waals surface area contributed by atoms with Crippen LogP contribution in [0.2, 0.25) is 0 Å². The molecule has 1 aliphatic carbocycles. The Bertz CT molecular complexity index is 3830. The van der Waals surface area contributed by atoms with Crippen molar-refractivity contribution in [1.82, 2.24) is 18.7 Å².